The number of rotatable bonds is 6. The average Bonchev–Trinajstić information content (AvgIpc) is 2.71. The second-order valence-corrected chi connectivity index (χ2v) is 5.94. The van der Waals surface area contributed by atoms with Crippen molar-refractivity contribution in [2.75, 3.05) is 20.7 Å². The molecule has 1 aromatic heterocycles. The molecule has 0 bridgehead atoms. The molecule has 0 fully saturated rings. The third-order valence-corrected chi connectivity index (χ3v) is 4.27. The highest BCUT2D eigenvalue weighted by molar-refractivity contribution is 14.0. The van der Waals surface area contributed by atoms with Gasteiger partial charge in [-0.2, -0.15) is 0 Å². The highest BCUT2D eigenvalue weighted by Crippen LogP contribution is 2.15. The summed E-state index contributed by atoms with van der Waals surface area (Å²) < 4.78 is 5.18. The molecule has 0 amide bonds. The molecule has 0 radical (unpaired) electrons. The molecule has 2 N–H and O–H groups in total. The number of para-hydroxylation sites is 1. The van der Waals surface area contributed by atoms with E-state index in [2.05, 4.69) is 38.8 Å². The van der Waals surface area contributed by atoms with Crippen molar-refractivity contribution in [3.8, 4) is 5.75 Å². The number of methoxy groups -OCH3 is 1. The Kier molecular flexibility index (Phi) is 8.32. The summed E-state index contributed by atoms with van der Waals surface area (Å²) in [5, 5.41) is 7.89. The first-order valence-electron chi connectivity index (χ1n) is 8.70. The van der Waals surface area contributed by atoms with Crippen molar-refractivity contribution in [3.63, 3.8) is 0 Å². The van der Waals surface area contributed by atoms with Gasteiger partial charge < -0.3 is 15.4 Å². The molecule has 5 nitrogen and oxygen atoms in total. The molecule has 6 heteroatoms. The zero-order chi connectivity index (χ0) is 18.2. The van der Waals surface area contributed by atoms with E-state index in [1.807, 2.05) is 42.6 Å². The molecule has 0 spiro atoms. The van der Waals surface area contributed by atoms with Crippen LogP contribution in [0, 0.1) is 0 Å². The van der Waals surface area contributed by atoms with Gasteiger partial charge in [-0.25, -0.2) is 0 Å². The number of hydrogen-bond acceptors (Lipinski definition) is 3. The van der Waals surface area contributed by atoms with Crippen LogP contribution in [0.3, 0.4) is 0 Å². The van der Waals surface area contributed by atoms with Crippen molar-refractivity contribution < 1.29 is 4.74 Å². The monoisotopic (exact) mass is 476 g/mol. The minimum atomic E-state index is 0. The maximum atomic E-state index is 5.18. The third kappa shape index (κ3) is 5.82. The van der Waals surface area contributed by atoms with Gasteiger partial charge in [0.05, 0.1) is 12.6 Å². The fourth-order valence-corrected chi connectivity index (χ4v) is 2.83. The summed E-state index contributed by atoms with van der Waals surface area (Å²) in [4.78, 5) is 8.70. The van der Waals surface area contributed by atoms with Gasteiger partial charge in [-0.1, -0.05) is 30.3 Å². The molecule has 3 rings (SSSR count). The van der Waals surface area contributed by atoms with E-state index < -0.39 is 0 Å². The van der Waals surface area contributed by atoms with Gasteiger partial charge in [0.25, 0.3) is 0 Å². The fraction of sp³-hybridized carbons (Fsp3) is 0.238. The summed E-state index contributed by atoms with van der Waals surface area (Å²) in [6, 6.07) is 18.3. The van der Waals surface area contributed by atoms with Crippen molar-refractivity contribution in [1.82, 2.24) is 15.6 Å². The molecule has 1 heterocycles. The summed E-state index contributed by atoms with van der Waals surface area (Å²) in [6.07, 6.45) is 2.77. The molecule has 0 aliphatic heterocycles. The van der Waals surface area contributed by atoms with Gasteiger partial charge in [-0.3, -0.25) is 9.98 Å². The van der Waals surface area contributed by atoms with Gasteiger partial charge in [0.2, 0.25) is 0 Å². The number of ether oxygens (including phenoxy) is 1. The van der Waals surface area contributed by atoms with E-state index in [4.69, 9.17) is 4.74 Å². The SMILES string of the molecule is CN=C(NCCc1ccc(OC)cc1)NCc1ccnc2ccccc12.I. The van der Waals surface area contributed by atoms with Crippen LogP contribution in [0.1, 0.15) is 11.1 Å². The number of aliphatic imine (C=N–C) groups is 1. The lowest BCUT2D eigenvalue weighted by atomic mass is 10.1. The van der Waals surface area contributed by atoms with E-state index in [0.717, 1.165) is 35.6 Å². The first kappa shape index (κ1) is 21.0. The largest absolute Gasteiger partial charge is 0.497 e. The van der Waals surface area contributed by atoms with Gasteiger partial charge in [-0.05, 0) is 41.8 Å². The second kappa shape index (κ2) is 10.7. The van der Waals surface area contributed by atoms with Crippen molar-refractivity contribution in [2.24, 2.45) is 4.99 Å². The molecule has 27 heavy (non-hydrogen) atoms. The summed E-state index contributed by atoms with van der Waals surface area (Å²) >= 11 is 0. The third-order valence-electron chi connectivity index (χ3n) is 4.27. The van der Waals surface area contributed by atoms with Crippen LogP contribution in [0.25, 0.3) is 10.9 Å². The van der Waals surface area contributed by atoms with E-state index in [1.54, 1.807) is 14.2 Å². The Hall–Kier alpha value is -2.35. The van der Waals surface area contributed by atoms with E-state index in [9.17, 15) is 0 Å². The second-order valence-electron chi connectivity index (χ2n) is 5.94. The zero-order valence-electron chi connectivity index (χ0n) is 15.6. The Labute approximate surface area is 177 Å². The molecular weight excluding hydrogens is 451 g/mol. The lowest BCUT2D eigenvalue weighted by Gasteiger charge is -2.13. The van der Waals surface area contributed by atoms with Crippen molar-refractivity contribution in [1.29, 1.82) is 0 Å². The van der Waals surface area contributed by atoms with Crippen LogP contribution in [-0.2, 0) is 13.0 Å². The van der Waals surface area contributed by atoms with E-state index in [-0.39, 0.29) is 24.0 Å². The normalized spacial score (nSPS) is 11.0. The van der Waals surface area contributed by atoms with Crippen molar-refractivity contribution >= 4 is 40.8 Å². The van der Waals surface area contributed by atoms with E-state index in [1.165, 1.54) is 11.1 Å². The molecule has 0 unspecified atom stereocenters. The number of pyridine rings is 1. The number of nitrogens with one attached hydrogen (secondary N) is 2. The predicted molar refractivity (Wildman–Crippen MR) is 122 cm³/mol. The molecular formula is C21H25IN4O. The quantitative estimate of drug-likeness (QED) is 0.323. The van der Waals surface area contributed by atoms with Crippen LogP contribution >= 0.6 is 24.0 Å². The van der Waals surface area contributed by atoms with E-state index in [0.29, 0.717) is 6.54 Å². The smallest absolute Gasteiger partial charge is 0.191 e. The number of hydrogen-bond donors (Lipinski definition) is 2. The summed E-state index contributed by atoms with van der Waals surface area (Å²) in [5.41, 5.74) is 3.47. The molecule has 2 aromatic carbocycles. The lowest BCUT2D eigenvalue weighted by Crippen LogP contribution is -2.37. The topological polar surface area (TPSA) is 58.5 Å². The zero-order valence-corrected chi connectivity index (χ0v) is 17.9. The summed E-state index contributed by atoms with van der Waals surface area (Å²) in [7, 11) is 3.46. The van der Waals surface area contributed by atoms with Crippen LogP contribution in [-0.4, -0.2) is 31.6 Å². The van der Waals surface area contributed by atoms with Crippen molar-refractivity contribution in [3.05, 3.63) is 71.9 Å². The standard InChI is InChI=1S/C21H24N4O.HI/c1-22-21(24-13-11-16-7-9-18(26-2)10-8-16)25-15-17-12-14-23-20-6-4-3-5-19(17)20;/h3-10,12,14H,11,13,15H2,1-2H3,(H2,22,24,25);1H. The van der Waals surface area contributed by atoms with Crippen LogP contribution in [0.5, 0.6) is 5.75 Å². The molecule has 0 aliphatic rings. The van der Waals surface area contributed by atoms with Gasteiger partial charge in [0, 0.05) is 31.7 Å². The lowest BCUT2D eigenvalue weighted by molar-refractivity contribution is 0.414. The first-order chi connectivity index (χ1) is 12.8. The van der Waals surface area contributed by atoms with Gasteiger partial charge in [0.1, 0.15) is 5.75 Å². The maximum Gasteiger partial charge on any atom is 0.191 e. The Balaban J connectivity index is 0.00000261. The number of benzene rings is 2. The molecule has 0 saturated carbocycles. The van der Waals surface area contributed by atoms with E-state index >= 15 is 0 Å². The minimum Gasteiger partial charge on any atom is -0.497 e. The molecule has 3 aromatic rings. The van der Waals surface area contributed by atoms with Gasteiger partial charge >= 0.3 is 0 Å². The number of aromatic nitrogens is 1. The number of fused-ring (bicyclic) bond motifs is 1. The molecule has 142 valence electrons. The Bertz CT molecular complexity index is 875. The van der Waals surface area contributed by atoms with Gasteiger partial charge in [-0.15, -0.1) is 24.0 Å². The van der Waals surface area contributed by atoms with Crippen LogP contribution in [0.4, 0.5) is 0 Å². The van der Waals surface area contributed by atoms with Crippen molar-refractivity contribution in [2.45, 2.75) is 13.0 Å². The maximum absolute atomic E-state index is 5.18. The summed E-state index contributed by atoms with van der Waals surface area (Å²) in [6.45, 7) is 1.51. The average molecular weight is 476 g/mol. The fourth-order valence-electron chi connectivity index (χ4n) is 2.83. The molecule has 0 atom stereocenters. The summed E-state index contributed by atoms with van der Waals surface area (Å²) in [5.74, 6) is 1.67. The Morgan fingerprint density at radius 1 is 1.04 bits per heavy atom. The molecule has 0 aliphatic carbocycles. The molecule has 0 saturated heterocycles. The highest BCUT2D eigenvalue weighted by Gasteiger charge is 2.03. The number of guanidine groups is 1. The van der Waals surface area contributed by atoms with Gasteiger partial charge in [0.15, 0.2) is 5.96 Å². The van der Waals surface area contributed by atoms with Crippen LogP contribution in [0.2, 0.25) is 0 Å². The number of halogens is 1. The van der Waals surface area contributed by atoms with Crippen LogP contribution in [0.15, 0.2) is 65.8 Å². The van der Waals surface area contributed by atoms with Crippen LogP contribution < -0.4 is 15.4 Å². The highest BCUT2D eigenvalue weighted by atomic mass is 127. The Morgan fingerprint density at radius 3 is 2.56 bits per heavy atom. The minimum absolute atomic E-state index is 0. The first-order valence-corrected chi connectivity index (χ1v) is 8.70. The predicted octanol–water partition coefficient (Wildman–Crippen LogP) is 3.77. The Morgan fingerprint density at radius 2 is 1.81 bits per heavy atom. The number of nitrogens with zero attached hydrogens (tertiary/aromatic N) is 2.